The van der Waals surface area contributed by atoms with Crippen molar-refractivity contribution in [2.75, 3.05) is 25.0 Å². The highest BCUT2D eigenvalue weighted by Crippen LogP contribution is 2.18. The summed E-state index contributed by atoms with van der Waals surface area (Å²) in [7, 11) is 1.54. The number of urea groups is 2. The SMILES string of the molecule is CN(C(=O)N[C@@H](CC(N)=O)C(=O)N[C@@H](Cc1ccccc1)[C@H](O)CN(CC(C)(C)C)C(=O)NC(C)(C)C)c1ccccc1. The van der Waals surface area contributed by atoms with Crippen molar-refractivity contribution in [3.8, 4) is 0 Å². The summed E-state index contributed by atoms with van der Waals surface area (Å²) in [4.78, 5) is 54.5. The van der Waals surface area contributed by atoms with E-state index in [0.717, 1.165) is 5.56 Å². The fourth-order valence-electron chi connectivity index (χ4n) is 4.40. The average molecular weight is 597 g/mol. The largest absolute Gasteiger partial charge is 0.389 e. The van der Waals surface area contributed by atoms with Crippen LogP contribution in [0.4, 0.5) is 15.3 Å². The van der Waals surface area contributed by atoms with E-state index in [1.807, 2.05) is 77.9 Å². The molecule has 0 radical (unpaired) electrons. The van der Waals surface area contributed by atoms with Gasteiger partial charge in [-0.05, 0) is 50.3 Å². The number of nitrogens with zero attached hydrogens (tertiary/aromatic N) is 2. The predicted molar refractivity (Wildman–Crippen MR) is 168 cm³/mol. The smallest absolute Gasteiger partial charge is 0.322 e. The Balaban J connectivity index is 2.32. The van der Waals surface area contributed by atoms with Crippen molar-refractivity contribution in [2.45, 2.75) is 78.1 Å². The minimum atomic E-state index is -1.29. The normalized spacial score (nSPS) is 13.7. The van der Waals surface area contributed by atoms with Gasteiger partial charge in [-0.25, -0.2) is 9.59 Å². The van der Waals surface area contributed by atoms with E-state index in [4.69, 9.17) is 5.73 Å². The van der Waals surface area contributed by atoms with E-state index in [-0.39, 0.29) is 24.4 Å². The molecule has 0 fully saturated rings. The van der Waals surface area contributed by atoms with E-state index in [2.05, 4.69) is 16.0 Å². The van der Waals surface area contributed by atoms with Crippen LogP contribution in [0.25, 0.3) is 0 Å². The van der Waals surface area contributed by atoms with Crippen LogP contribution in [0.5, 0.6) is 0 Å². The number of benzene rings is 2. The maximum atomic E-state index is 13.6. The zero-order valence-electron chi connectivity index (χ0n) is 26.4. The second-order valence-electron chi connectivity index (χ2n) is 13.1. The molecule has 6 amide bonds. The highest BCUT2D eigenvalue weighted by Gasteiger charge is 2.32. The Kier molecular flexibility index (Phi) is 12.5. The molecule has 0 saturated heterocycles. The lowest BCUT2D eigenvalue weighted by atomic mass is 9.95. The third-order valence-electron chi connectivity index (χ3n) is 6.40. The number of carbonyl (C=O) groups is 4. The van der Waals surface area contributed by atoms with Crippen molar-refractivity contribution in [3.63, 3.8) is 0 Å². The van der Waals surface area contributed by atoms with E-state index in [1.165, 1.54) is 16.8 Å². The minimum absolute atomic E-state index is 0.0689. The van der Waals surface area contributed by atoms with Crippen molar-refractivity contribution in [2.24, 2.45) is 11.1 Å². The summed E-state index contributed by atoms with van der Waals surface area (Å²) < 4.78 is 0. The number of hydrogen-bond donors (Lipinski definition) is 5. The lowest BCUT2D eigenvalue weighted by Gasteiger charge is -2.36. The molecular formula is C32H48N6O5. The number of primary amides is 1. The molecule has 2 aromatic carbocycles. The second-order valence-corrected chi connectivity index (χ2v) is 13.1. The molecule has 3 atom stereocenters. The van der Waals surface area contributed by atoms with Crippen molar-refractivity contribution < 1.29 is 24.3 Å². The maximum Gasteiger partial charge on any atom is 0.322 e. The summed E-state index contributed by atoms with van der Waals surface area (Å²) in [6, 6.07) is 15.0. The van der Waals surface area contributed by atoms with E-state index < -0.39 is 48.0 Å². The Morgan fingerprint density at radius 3 is 1.93 bits per heavy atom. The Labute approximate surface area is 255 Å². The van der Waals surface area contributed by atoms with Gasteiger partial charge in [-0.1, -0.05) is 69.3 Å². The molecule has 2 rings (SSSR count). The number of rotatable bonds is 12. The van der Waals surface area contributed by atoms with Crippen LogP contribution < -0.4 is 26.6 Å². The molecule has 0 aliphatic carbocycles. The summed E-state index contributed by atoms with van der Waals surface area (Å²) in [6.07, 6.45) is -1.40. The second kappa shape index (κ2) is 15.4. The molecule has 0 bridgehead atoms. The zero-order chi connectivity index (χ0) is 32.4. The molecule has 0 unspecified atom stereocenters. The molecule has 2 aromatic rings. The highest BCUT2D eigenvalue weighted by molar-refractivity contribution is 5.96. The van der Waals surface area contributed by atoms with E-state index >= 15 is 0 Å². The van der Waals surface area contributed by atoms with Gasteiger partial charge in [0.2, 0.25) is 11.8 Å². The summed E-state index contributed by atoms with van der Waals surface area (Å²) in [6.45, 7) is 11.9. The Hall–Kier alpha value is -4.12. The first-order valence-electron chi connectivity index (χ1n) is 14.4. The van der Waals surface area contributed by atoms with Crippen LogP contribution in [-0.2, 0) is 16.0 Å². The van der Waals surface area contributed by atoms with Crippen molar-refractivity contribution >= 4 is 29.6 Å². The van der Waals surface area contributed by atoms with Crippen LogP contribution in [0, 0.1) is 5.41 Å². The summed E-state index contributed by atoms with van der Waals surface area (Å²) >= 11 is 0. The molecule has 0 aliphatic rings. The van der Waals surface area contributed by atoms with Crippen LogP contribution in [0.1, 0.15) is 53.5 Å². The summed E-state index contributed by atoms with van der Waals surface area (Å²) in [5, 5.41) is 19.8. The van der Waals surface area contributed by atoms with Crippen LogP contribution >= 0.6 is 0 Å². The molecule has 0 aromatic heterocycles. The monoisotopic (exact) mass is 596 g/mol. The van der Waals surface area contributed by atoms with Gasteiger partial charge in [-0.3, -0.25) is 14.5 Å². The van der Waals surface area contributed by atoms with Crippen LogP contribution in [0.15, 0.2) is 60.7 Å². The van der Waals surface area contributed by atoms with Crippen LogP contribution in [0.3, 0.4) is 0 Å². The van der Waals surface area contributed by atoms with Gasteiger partial charge in [-0.2, -0.15) is 0 Å². The predicted octanol–water partition coefficient (Wildman–Crippen LogP) is 3.02. The number of nitrogens with one attached hydrogen (secondary N) is 3. The summed E-state index contributed by atoms with van der Waals surface area (Å²) in [5.74, 6) is -1.46. The van der Waals surface area contributed by atoms with Gasteiger partial charge in [-0.15, -0.1) is 0 Å². The molecule has 0 heterocycles. The number of para-hydroxylation sites is 1. The van der Waals surface area contributed by atoms with Gasteiger partial charge in [0.15, 0.2) is 0 Å². The number of carbonyl (C=O) groups excluding carboxylic acids is 4. The zero-order valence-corrected chi connectivity index (χ0v) is 26.4. The standard InChI is InChI=1S/C32H48N6O5/c1-31(2,3)21-38(30(43)36-32(4,5)6)20-26(39)24(18-22-14-10-8-11-15-22)34-28(41)25(19-27(33)40)35-29(42)37(7)23-16-12-9-13-17-23/h8-17,24-26,39H,18-21H2,1-7H3,(H2,33,40)(H,34,41)(H,35,42)(H,36,43)/t24-,25-,26+/m0/s1. The minimum Gasteiger partial charge on any atom is -0.389 e. The van der Waals surface area contributed by atoms with E-state index in [9.17, 15) is 24.3 Å². The fourth-order valence-corrected chi connectivity index (χ4v) is 4.40. The molecule has 236 valence electrons. The van der Waals surface area contributed by atoms with E-state index in [0.29, 0.717) is 12.2 Å². The molecule has 43 heavy (non-hydrogen) atoms. The first-order chi connectivity index (χ1) is 19.9. The van der Waals surface area contributed by atoms with Gasteiger partial charge >= 0.3 is 12.1 Å². The van der Waals surface area contributed by atoms with Crippen molar-refractivity contribution in [1.82, 2.24) is 20.9 Å². The molecule has 0 saturated carbocycles. The molecule has 0 spiro atoms. The lowest BCUT2D eigenvalue weighted by Crippen LogP contribution is -2.58. The third-order valence-corrected chi connectivity index (χ3v) is 6.40. The Bertz CT molecular complexity index is 1210. The number of aliphatic hydroxyl groups is 1. The molecule has 6 N–H and O–H groups in total. The molecular weight excluding hydrogens is 548 g/mol. The third kappa shape index (κ3) is 12.7. The number of nitrogens with two attached hydrogens (primary N) is 1. The maximum absolute atomic E-state index is 13.6. The summed E-state index contributed by atoms with van der Waals surface area (Å²) in [5.41, 5.74) is 6.09. The number of hydrogen-bond acceptors (Lipinski definition) is 5. The van der Waals surface area contributed by atoms with Gasteiger partial charge < -0.3 is 31.7 Å². The molecule has 11 heteroatoms. The lowest BCUT2D eigenvalue weighted by molar-refractivity contribution is -0.128. The fraction of sp³-hybridized carbons (Fsp3) is 0.500. The van der Waals surface area contributed by atoms with Crippen molar-refractivity contribution in [1.29, 1.82) is 0 Å². The van der Waals surface area contributed by atoms with Crippen molar-refractivity contribution in [3.05, 3.63) is 66.2 Å². The number of amides is 6. The topological polar surface area (TPSA) is 157 Å². The van der Waals surface area contributed by atoms with Gasteiger partial charge in [0.05, 0.1) is 25.1 Å². The number of anilines is 1. The first kappa shape index (κ1) is 35.1. The quantitative estimate of drug-likeness (QED) is 0.255. The Morgan fingerprint density at radius 1 is 0.860 bits per heavy atom. The van der Waals surface area contributed by atoms with Gasteiger partial charge in [0.1, 0.15) is 6.04 Å². The van der Waals surface area contributed by atoms with Gasteiger partial charge in [0, 0.05) is 24.8 Å². The van der Waals surface area contributed by atoms with Crippen LogP contribution in [0.2, 0.25) is 0 Å². The average Bonchev–Trinajstić information content (AvgIpc) is 2.90. The molecule has 11 nitrogen and oxygen atoms in total. The van der Waals surface area contributed by atoms with Crippen LogP contribution in [-0.4, -0.2) is 77.7 Å². The first-order valence-corrected chi connectivity index (χ1v) is 14.4. The number of aliphatic hydroxyl groups excluding tert-OH is 1. The molecule has 0 aliphatic heterocycles. The Morgan fingerprint density at radius 2 is 1.42 bits per heavy atom. The van der Waals surface area contributed by atoms with Gasteiger partial charge in [0.25, 0.3) is 0 Å². The van der Waals surface area contributed by atoms with E-state index in [1.54, 1.807) is 24.3 Å². The highest BCUT2D eigenvalue weighted by atomic mass is 16.3.